The third-order valence-corrected chi connectivity index (χ3v) is 4.07. The van der Waals surface area contributed by atoms with E-state index in [1.165, 1.54) is 12.1 Å². The van der Waals surface area contributed by atoms with Crippen LogP contribution in [-0.4, -0.2) is 16.6 Å². The number of hydrogen-bond donors (Lipinski definition) is 3. The molecule has 1 atom stereocenters. The van der Waals surface area contributed by atoms with Crippen LogP contribution in [0.4, 0.5) is 18.9 Å². The van der Waals surface area contributed by atoms with Crippen molar-refractivity contribution in [1.82, 2.24) is 10.4 Å². The van der Waals surface area contributed by atoms with Gasteiger partial charge in [0.25, 0.3) is 0 Å². The number of benzene rings is 1. The van der Waals surface area contributed by atoms with Gasteiger partial charge in [-0.25, -0.2) is 5.01 Å². The smallest absolute Gasteiger partial charge is 0.325 e. The molecule has 0 bridgehead atoms. The van der Waals surface area contributed by atoms with E-state index in [-0.39, 0.29) is 5.92 Å². The summed E-state index contributed by atoms with van der Waals surface area (Å²) in [5, 5.41) is 4.70. The molecule has 8 heteroatoms. The predicted octanol–water partition coefficient (Wildman–Crippen LogP) is 3.02. The van der Waals surface area contributed by atoms with E-state index in [1.54, 1.807) is 5.01 Å². The molecule has 2 heterocycles. The Balaban J connectivity index is 1.76. The number of hydrazine groups is 1. The Kier molecular flexibility index (Phi) is 3.79. The van der Waals surface area contributed by atoms with Crippen LogP contribution in [0.3, 0.4) is 0 Å². The van der Waals surface area contributed by atoms with Crippen LogP contribution in [0.2, 0.25) is 0 Å². The van der Waals surface area contributed by atoms with E-state index >= 15 is 0 Å². The van der Waals surface area contributed by atoms with Gasteiger partial charge in [-0.2, -0.15) is 18.2 Å². The number of nitrogens with zero attached hydrogens (tertiary/aromatic N) is 2. The van der Waals surface area contributed by atoms with Gasteiger partial charge < -0.3 is 11.1 Å². The normalized spacial score (nSPS) is 22.9. The maximum Gasteiger partial charge on any atom is 0.416 e. The minimum absolute atomic E-state index is 0.116. The molecule has 3 rings (SSSR count). The van der Waals surface area contributed by atoms with Crippen LogP contribution in [0, 0.1) is 5.92 Å². The second kappa shape index (κ2) is 5.55. The Hall–Kier alpha value is -2.48. The average Bonchev–Trinajstić information content (AvgIpc) is 2.91. The highest BCUT2D eigenvalue weighted by molar-refractivity contribution is 5.95. The summed E-state index contributed by atoms with van der Waals surface area (Å²) >= 11 is 0. The van der Waals surface area contributed by atoms with Crippen LogP contribution in [0.15, 0.2) is 53.3 Å². The molecule has 5 nitrogen and oxygen atoms in total. The van der Waals surface area contributed by atoms with Gasteiger partial charge in [0.1, 0.15) is 5.66 Å². The van der Waals surface area contributed by atoms with Crippen molar-refractivity contribution in [3.05, 3.63) is 53.9 Å². The van der Waals surface area contributed by atoms with E-state index in [9.17, 15) is 13.2 Å². The van der Waals surface area contributed by atoms with Gasteiger partial charge in [0.15, 0.2) is 5.82 Å². The van der Waals surface area contributed by atoms with Gasteiger partial charge in [-0.3, -0.25) is 5.43 Å². The highest BCUT2D eigenvalue weighted by Gasteiger charge is 2.40. The highest BCUT2D eigenvalue weighted by atomic mass is 19.4. The van der Waals surface area contributed by atoms with Crippen LogP contribution < -0.4 is 16.5 Å². The first-order chi connectivity index (χ1) is 11.2. The summed E-state index contributed by atoms with van der Waals surface area (Å²) in [6, 6.07) is 4.75. The lowest BCUT2D eigenvalue weighted by Gasteiger charge is -2.41. The van der Waals surface area contributed by atoms with Crippen molar-refractivity contribution in [2.45, 2.75) is 25.7 Å². The van der Waals surface area contributed by atoms with Crippen molar-refractivity contribution in [3.8, 4) is 0 Å². The standard InChI is InChI=1S/C16H18F3N5/c1-10(2)15(20)9-3-4-13-22-14(23-24(13)15)21-12-7-5-11(6-8-12)16(17,18)19/h3-10H,20H2,1-2H3,(H2,21,22,23). The molecule has 0 radical (unpaired) electrons. The van der Waals surface area contributed by atoms with Crippen LogP contribution in [0.25, 0.3) is 0 Å². The first-order valence-corrected chi connectivity index (χ1v) is 7.48. The van der Waals surface area contributed by atoms with Gasteiger partial charge >= 0.3 is 6.18 Å². The molecule has 0 aromatic heterocycles. The second-order valence-corrected chi connectivity index (χ2v) is 6.03. The summed E-state index contributed by atoms with van der Waals surface area (Å²) in [7, 11) is 0. The summed E-state index contributed by atoms with van der Waals surface area (Å²) in [5.74, 6) is 1.16. The minimum Gasteiger partial charge on any atom is -0.325 e. The zero-order valence-electron chi connectivity index (χ0n) is 13.2. The Morgan fingerprint density at radius 1 is 1.25 bits per heavy atom. The molecule has 24 heavy (non-hydrogen) atoms. The fourth-order valence-electron chi connectivity index (χ4n) is 2.51. The number of hydrogen-bond acceptors (Lipinski definition) is 5. The third-order valence-electron chi connectivity index (χ3n) is 4.07. The number of nitrogens with two attached hydrogens (primary N) is 1. The fraction of sp³-hybridized carbons (Fsp3) is 0.312. The summed E-state index contributed by atoms with van der Waals surface area (Å²) < 4.78 is 37.8. The van der Waals surface area contributed by atoms with E-state index in [1.807, 2.05) is 32.1 Å². The summed E-state index contributed by atoms with van der Waals surface area (Å²) in [6.07, 6.45) is 1.18. The minimum atomic E-state index is -4.35. The lowest BCUT2D eigenvalue weighted by molar-refractivity contribution is -0.137. The van der Waals surface area contributed by atoms with Gasteiger partial charge in [-0.05, 0) is 42.3 Å². The molecule has 0 saturated carbocycles. The number of guanidine groups is 1. The molecule has 4 N–H and O–H groups in total. The largest absolute Gasteiger partial charge is 0.416 e. The number of halogens is 3. The van der Waals surface area contributed by atoms with Crippen LogP contribution >= 0.6 is 0 Å². The summed E-state index contributed by atoms with van der Waals surface area (Å²) in [5.41, 5.74) is 8.55. The van der Waals surface area contributed by atoms with E-state index < -0.39 is 17.4 Å². The Morgan fingerprint density at radius 2 is 1.92 bits per heavy atom. The first-order valence-electron chi connectivity index (χ1n) is 7.48. The van der Waals surface area contributed by atoms with Crippen LogP contribution in [0.1, 0.15) is 19.4 Å². The second-order valence-electron chi connectivity index (χ2n) is 6.03. The summed E-state index contributed by atoms with van der Waals surface area (Å²) in [6.45, 7) is 3.99. The Bertz CT molecular complexity index is 718. The fourth-order valence-corrected chi connectivity index (χ4v) is 2.51. The molecular weight excluding hydrogens is 319 g/mol. The molecule has 128 valence electrons. The zero-order chi connectivity index (χ0) is 17.5. The number of fused-ring (bicyclic) bond motifs is 1. The first kappa shape index (κ1) is 16.4. The molecular formula is C16H18F3N5. The SMILES string of the molecule is CC(C)C1(N)C=CC=C2N=C(Nc3ccc(C(F)(F)F)cc3)NN21. The quantitative estimate of drug-likeness (QED) is 0.776. The van der Waals surface area contributed by atoms with Gasteiger partial charge in [0.05, 0.1) is 5.56 Å². The van der Waals surface area contributed by atoms with Crippen molar-refractivity contribution >= 4 is 11.6 Å². The lowest BCUT2D eigenvalue weighted by Crippen LogP contribution is -2.62. The Labute approximate surface area is 137 Å². The molecule has 0 aliphatic carbocycles. The molecule has 1 unspecified atom stereocenters. The highest BCUT2D eigenvalue weighted by Crippen LogP contribution is 2.31. The summed E-state index contributed by atoms with van der Waals surface area (Å²) in [4.78, 5) is 4.38. The van der Waals surface area contributed by atoms with E-state index in [0.29, 0.717) is 17.5 Å². The maximum absolute atomic E-state index is 12.6. The van der Waals surface area contributed by atoms with Crippen molar-refractivity contribution in [1.29, 1.82) is 0 Å². The average molecular weight is 337 g/mol. The molecule has 2 aliphatic rings. The number of rotatable bonds is 2. The lowest BCUT2D eigenvalue weighted by atomic mass is 9.94. The number of aliphatic imine (C=N–C) groups is 1. The van der Waals surface area contributed by atoms with Crippen LogP contribution in [0.5, 0.6) is 0 Å². The van der Waals surface area contributed by atoms with Crippen LogP contribution in [-0.2, 0) is 6.18 Å². The van der Waals surface area contributed by atoms with Gasteiger partial charge in [-0.1, -0.05) is 19.9 Å². The van der Waals surface area contributed by atoms with Gasteiger partial charge in [-0.15, -0.1) is 0 Å². The number of nitrogens with one attached hydrogen (secondary N) is 2. The van der Waals surface area contributed by atoms with Crippen molar-refractivity contribution in [2.24, 2.45) is 16.6 Å². The zero-order valence-corrected chi connectivity index (χ0v) is 13.2. The van der Waals surface area contributed by atoms with E-state index in [2.05, 4.69) is 15.7 Å². The monoisotopic (exact) mass is 337 g/mol. The van der Waals surface area contributed by atoms with Gasteiger partial charge in [0.2, 0.25) is 5.96 Å². The van der Waals surface area contributed by atoms with Crippen molar-refractivity contribution in [3.63, 3.8) is 0 Å². The topological polar surface area (TPSA) is 65.7 Å². The maximum atomic E-state index is 12.6. The third kappa shape index (κ3) is 2.84. The number of anilines is 1. The van der Waals surface area contributed by atoms with Crippen molar-refractivity contribution in [2.75, 3.05) is 5.32 Å². The van der Waals surface area contributed by atoms with E-state index in [4.69, 9.17) is 5.73 Å². The Morgan fingerprint density at radius 3 is 2.50 bits per heavy atom. The molecule has 0 amide bonds. The number of alkyl halides is 3. The van der Waals surface area contributed by atoms with Gasteiger partial charge in [0, 0.05) is 5.69 Å². The molecule has 0 spiro atoms. The molecule has 2 aliphatic heterocycles. The molecule has 0 saturated heterocycles. The molecule has 1 aromatic rings. The van der Waals surface area contributed by atoms with Crippen molar-refractivity contribution < 1.29 is 13.2 Å². The molecule has 1 aromatic carbocycles. The number of allylic oxidation sites excluding steroid dienone is 2. The molecule has 0 fully saturated rings. The predicted molar refractivity (Wildman–Crippen MR) is 86.5 cm³/mol. The van der Waals surface area contributed by atoms with E-state index in [0.717, 1.165) is 12.1 Å².